The zero-order valence-electron chi connectivity index (χ0n) is 22.0. The standard InChI is InChI=1S/C27H28F6N4O2/c1-6-36(24(39)17-11-18(26(28,29)30)13-19(12-17)27(31,32)33)15-23(38)34-22-14-21(25(3,4)5)35-37(22)20-9-7-8-16(2)10-20/h7-14H,6,15H2,1-5H3,(H,34,38). The van der Waals surface area contributed by atoms with Crippen LogP contribution in [0.5, 0.6) is 0 Å². The second kappa shape index (κ2) is 10.7. The molecule has 6 nitrogen and oxygen atoms in total. The summed E-state index contributed by atoms with van der Waals surface area (Å²) in [6, 6.07) is 9.65. The van der Waals surface area contributed by atoms with E-state index in [2.05, 4.69) is 10.4 Å². The molecule has 0 aliphatic carbocycles. The monoisotopic (exact) mass is 554 g/mol. The first-order chi connectivity index (χ1) is 17.9. The van der Waals surface area contributed by atoms with Crippen LogP contribution in [0.1, 0.15) is 60.4 Å². The Morgan fingerprint density at radius 2 is 1.51 bits per heavy atom. The fourth-order valence-electron chi connectivity index (χ4n) is 3.74. The van der Waals surface area contributed by atoms with Crippen molar-refractivity contribution in [2.45, 2.75) is 52.4 Å². The van der Waals surface area contributed by atoms with Gasteiger partial charge in [-0.15, -0.1) is 0 Å². The van der Waals surface area contributed by atoms with Crippen molar-refractivity contribution in [3.8, 4) is 5.69 Å². The molecule has 3 rings (SSSR count). The van der Waals surface area contributed by atoms with E-state index in [1.165, 1.54) is 11.6 Å². The molecule has 0 aliphatic heterocycles. The number of carbonyl (C=O) groups is 2. The Balaban J connectivity index is 1.91. The molecular formula is C27H28F6N4O2. The molecule has 0 saturated carbocycles. The lowest BCUT2D eigenvalue weighted by Gasteiger charge is -2.22. The third-order valence-corrected chi connectivity index (χ3v) is 5.83. The predicted molar refractivity (Wildman–Crippen MR) is 134 cm³/mol. The summed E-state index contributed by atoms with van der Waals surface area (Å²) in [7, 11) is 0. The van der Waals surface area contributed by atoms with Crippen LogP contribution in [0, 0.1) is 6.92 Å². The van der Waals surface area contributed by atoms with Gasteiger partial charge >= 0.3 is 12.4 Å². The zero-order valence-corrected chi connectivity index (χ0v) is 22.0. The molecule has 2 amide bonds. The summed E-state index contributed by atoms with van der Waals surface area (Å²) < 4.78 is 81.1. The fraction of sp³-hybridized carbons (Fsp3) is 0.370. The van der Waals surface area contributed by atoms with Crippen LogP contribution >= 0.6 is 0 Å². The van der Waals surface area contributed by atoms with Gasteiger partial charge < -0.3 is 10.2 Å². The van der Waals surface area contributed by atoms with Crippen LogP contribution in [0.4, 0.5) is 32.2 Å². The minimum absolute atomic E-state index is 0.0565. The molecule has 0 saturated heterocycles. The van der Waals surface area contributed by atoms with Crippen molar-refractivity contribution in [1.82, 2.24) is 14.7 Å². The molecule has 12 heteroatoms. The molecule has 1 heterocycles. The number of aryl methyl sites for hydroxylation is 1. The normalized spacial score (nSPS) is 12.4. The average molecular weight is 555 g/mol. The number of nitrogens with zero attached hydrogens (tertiary/aromatic N) is 3. The van der Waals surface area contributed by atoms with Crippen LogP contribution in [-0.4, -0.2) is 39.6 Å². The van der Waals surface area contributed by atoms with E-state index < -0.39 is 47.4 Å². The lowest BCUT2D eigenvalue weighted by atomic mass is 9.92. The van der Waals surface area contributed by atoms with Crippen LogP contribution in [0.25, 0.3) is 5.69 Å². The Hall–Kier alpha value is -3.83. The van der Waals surface area contributed by atoms with Crippen LogP contribution in [0.2, 0.25) is 0 Å². The number of nitrogens with one attached hydrogen (secondary N) is 1. The Kier molecular flexibility index (Phi) is 8.18. The fourth-order valence-corrected chi connectivity index (χ4v) is 3.74. The molecule has 0 fully saturated rings. The third kappa shape index (κ3) is 7.18. The molecule has 1 aromatic heterocycles. The smallest absolute Gasteiger partial charge is 0.330 e. The van der Waals surface area contributed by atoms with Gasteiger partial charge in [0.2, 0.25) is 5.91 Å². The molecule has 0 unspecified atom stereocenters. The van der Waals surface area contributed by atoms with Crippen molar-refractivity contribution in [3.63, 3.8) is 0 Å². The number of hydrogen-bond acceptors (Lipinski definition) is 3. The van der Waals surface area contributed by atoms with Gasteiger partial charge in [-0.1, -0.05) is 32.9 Å². The van der Waals surface area contributed by atoms with Crippen molar-refractivity contribution in [1.29, 1.82) is 0 Å². The molecule has 0 spiro atoms. The van der Waals surface area contributed by atoms with Crippen LogP contribution in [-0.2, 0) is 22.6 Å². The summed E-state index contributed by atoms with van der Waals surface area (Å²) in [6.45, 7) is 8.39. The second-order valence-electron chi connectivity index (χ2n) is 10.1. The van der Waals surface area contributed by atoms with E-state index in [0.717, 1.165) is 10.5 Å². The van der Waals surface area contributed by atoms with Gasteiger partial charge in [-0.3, -0.25) is 9.59 Å². The van der Waals surface area contributed by atoms with Crippen molar-refractivity contribution >= 4 is 17.6 Å². The van der Waals surface area contributed by atoms with Gasteiger partial charge in [-0.2, -0.15) is 31.4 Å². The maximum absolute atomic E-state index is 13.3. The highest BCUT2D eigenvalue weighted by atomic mass is 19.4. The molecule has 0 bridgehead atoms. The van der Waals surface area contributed by atoms with Gasteiger partial charge in [-0.05, 0) is 49.7 Å². The average Bonchev–Trinajstić information content (AvgIpc) is 3.25. The number of halogens is 6. The quantitative estimate of drug-likeness (QED) is 0.349. The highest BCUT2D eigenvalue weighted by Gasteiger charge is 2.38. The lowest BCUT2D eigenvalue weighted by Crippen LogP contribution is -2.38. The number of rotatable bonds is 6. The first-order valence-electron chi connectivity index (χ1n) is 12.0. The summed E-state index contributed by atoms with van der Waals surface area (Å²) >= 11 is 0. The molecule has 210 valence electrons. The summed E-state index contributed by atoms with van der Waals surface area (Å²) in [5.74, 6) is -1.56. The minimum atomic E-state index is -5.11. The van der Waals surface area contributed by atoms with Crippen LogP contribution < -0.4 is 5.32 Å². The Bertz CT molecular complexity index is 1340. The van der Waals surface area contributed by atoms with Gasteiger partial charge in [0.15, 0.2) is 0 Å². The molecule has 1 N–H and O–H groups in total. The Labute approximate surface area is 221 Å². The summed E-state index contributed by atoms with van der Waals surface area (Å²) in [6.07, 6.45) is -10.2. The molecule has 2 aromatic carbocycles. The van der Waals surface area contributed by atoms with E-state index in [1.54, 1.807) is 12.1 Å². The molecular weight excluding hydrogens is 526 g/mol. The third-order valence-electron chi connectivity index (χ3n) is 5.83. The van der Waals surface area contributed by atoms with E-state index in [4.69, 9.17) is 0 Å². The van der Waals surface area contributed by atoms with Gasteiger partial charge in [0, 0.05) is 23.6 Å². The number of alkyl halides is 6. The highest BCUT2D eigenvalue weighted by Crippen LogP contribution is 2.36. The maximum atomic E-state index is 13.3. The number of likely N-dealkylation sites (N-methyl/N-ethyl adjacent to an activating group) is 1. The number of aromatic nitrogens is 2. The molecule has 3 aromatic rings. The van der Waals surface area contributed by atoms with E-state index in [0.29, 0.717) is 23.5 Å². The minimum Gasteiger partial charge on any atom is -0.330 e. The summed E-state index contributed by atoms with van der Waals surface area (Å²) in [5, 5.41) is 7.27. The zero-order chi connectivity index (χ0) is 29.3. The summed E-state index contributed by atoms with van der Waals surface area (Å²) in [4.78, 5) is 26.8. The number of anilines is 1. The van der Waals surface area contributed by atoms with E-state index in [9.17, 15) is 35.9 Å². The van der Waals surface area contributed by atoms with Gasteiger partial charge in [0.25, 0.3) is 5.91 Å². The number of benzene rings is 2. The highest BCUT2D eigenvalue weighted by molar-refractivity contribution is 5.99. The van der Waals surface area contributed by atoms with Crippen molar-refractivity contribution in [2.24, 2.45) is 0 Å². The molecule has 0 radical (unpaired) electrons. The topological polar surface area (TPSA) is 67.2 Å². The van der Waals surface area contributed by atoms with Crippen molar-refractivity contribution in [3.05, 3.63) is 76.5 Å². The largest absolute Gasteiger partial charge is 0.416 e. The SMILES string of the molecule is CCN(CC(=O)Nc1cc(C(C)(C)C)nn1-c1cccc(C)c1)C(=O)c1cc(C(F)(F)F)cc(C(F)(F)F)c1. The van der Waals surface area contributed by atoms with Crippen LogP contribution in [0.3, 0.4) is 0 Å². The molecule has 39 heavy (non-hydrogen) atoms. The van der Waals surface area contributed by atoms with Crippen LogP contribution in [0.15, 0.2) is 48.5 Å². The molecule has 0 aliphatic rings. The van der Waals surface area contributed by atoms with Gasteiger partial charge in [0.1, 0.15) is 12.4 Å². The maximum Gasteiger partial charge on any atom is 0.416 e. The second-order valence-corrected chi connectivity index (χ2v) is 10.1. The Morgan fingerprint density at radius 1 is 0.923 bits per heavy atom. The first kappa shape index (κ1) is 29.7. The van der Waals surface area contributed by atoms with E-state index >= 15 is 0 Å². The first-order valence-corrected chi connectivity index (χ1v) is 12.0. The number of hydrogen-bond donors (Lipinski definition) is 1. The molecule has 0 atom stereocenters. The van der Waals surface area contributed by atoms with Crippen molar-refractivity contribution in [2.75, 3.05) is 18.4 Å². The lowest BCUT2D eigenvalue weighted by molar-refractivity contribution is -0.143. The number of carbonyl (C=O) groups excluding carboxylic acids is 2. The Morgan fingerprint density at radius 3 is 2.00 bits per heavy atom. The predicted octanol–water partition coefficient (Wildman–Crippen LogP) is 6.62. The van der Waals surface area contributed by atoms with Gasteiger partial charge in [0.05, 0.1) is 22.5 Å². The summed E-state index contributed by atoms with van der Waals surface area (Å²) in [5.41, 5.74) is -2.17. The van der Waals surface area contributed by atoms with Gasteiger partial charge in [-0.25, -0.2) is 4.68 Å². The van der Waals surface area contributed by atoms with Crippen molar-refractivity contribution < 1.29 is 35.9 Å². The van der Waals surface area contributed by atoms with E-state index in [-0.39, 0.29) is 23.8 Å². The number of amides is 2. The van der Waals surface area contributed by atoms with E-state index in [1.807, 2.05) is 45.9 Å².